The number of hydrogen-bond acceptors (Lipinski definition) is 8. The fraction of sp³-hybridized carbons (Fsp3) is 0.719. The summed E-state index contributed by atoms with van der Waals surface area (Å²) in [7, 11) is 2.23. The third-order valence-electron chi connectivity index (χ3n) is 10.4. The summed E-state index contributed by atoms with van der Waals surface area (Å²) in [6.45, 7) is 11.9. The van der Waals surface area contributed by atoms with Crippen molar-refractivity contribution in [3.63, 3.8) is 0 Å². The number of thioether (sulfide) groups is 1. The molecular formula is C32H48N6OS. The fourth-order valence-corrected chi connectivity index (χ4v) is 9.65. The van der Waals surface area contributed by atoms with Gasteiger partial charge in [0, 0.05) is 60.7 Å². The van der Waals surface area contributed by atoms with Crippen molar-refractivity contribution < 1.29 is 4.74 Å². The third kappa shape index (κ3) is 6.03. The van der Waals surface area contributed by atoms with Crippen LogP contribution in [0.1, 0.15) is 55.2 Å². The average Bonchev–Trinajstić information content (AvgIpc) is 3.36. The largest absolute Gasteiger partial charge is 0.348 e. The lowest BCUT2D eigenvalue weighted by atomic mass is 9.72. The molecule has 1 aromatic rings. The van der Waals surface area contributed by atoms with Crippen LogP contribution < -0.4 is 10.6 Å². The Hall–Kier alpha value is -1.44. The number of piperazine rings is 1. The van der Waals surface area contributed by atoms with Gasteiger partial charge in [-0.3, -0.25) is 20.4 Å². The number of nitrogens with one attached hydrogen (secondary N) is 2. The van der Waals surface area contributed by atoms with Gasteiger partial charge in [-0.1, -0.05) is 29.8 Å². The molecular weight excluding hydrogens is 516 g/mol. The smallest absolute Gasteiger partial charge is 0.164 e. The Balaban J connectivity index is 1.20. The average molecular weight is 565 g/mol. The maximum absolute atomic E-state index is 9.58. The van der Waals surface area contributed by atoms with E-state index in [0.29, 0.717) is 29.2 Å². The van der Waals surface area contributed by atoms with E-state index in [9.17, 15) is 5.26 Å². The Bertz CT molecular complexity index is 1090. The molecule has 1 spiro atoms. The van der Waals surface area contributed by atoms with Crippen LogP contribution in [0.2, 0.25) is 0 Å². The van der Waals surface area contributed by atoms with Gasteiger partial charge >= 0.3 is 0 Å². The van der Waals surface area contributed by atoms with Gasteiger partial charge in [0.25, 0.3) is 0 Å². The number of ether oxygens (including phenoxy) is 1. The molecule has 3 saturated heterocycles. The van der Waals surface area contributed by atoms with Gasteiger partial charge in [0.05, 0.1) is 25.3 Å². The molecule has 4 aliphatic heterocycles. The lowest BCUT2D eigenvalue weighted by molar-refractivity contribution is -0.106. The second-order valence-electron chi connectivity index (χ2n) is 13.0. The van der Waals surface area contributed by atoms with Crippen LogP contribution in [-0.4, -0.2) is 96.5 Å². The second kappa shape index (κ2) is 12.4. The molecule has 8 heteroatoms. The Kier molecular flexibility index (Phi) is 8.91. The van der Waals surface area contributed by atoms with Crippen LogP contribution in [0.4, 0.5) is 0 Å². The molecule has 7 atom stereocenters. The van der Waals surface area contributed by atoms with Crippen LogP contribution in [0.3, 0.4) is 0 Å². The van der Waals surface area contributed by atoms with E-state index in [2.05, 4.69) is 81.9 Å². The lowest BCUT2D eigenvalue weighted by Crippen LogP contribution is -2.72. The topological polar surface area (TPSA) is 66.8 Å². The Morgan fingerprint density at radius 3 is 2.90 bits per heavy atom. The SMILES string of the molecule is C=CCN1CCN(C2NC(OCC3CCCN3C)NC3C[C@@]4(CCC32)Cc2cc(C)ccc2CS4)CC1CC#N. The highest BCUT2D eigenvalue weighted by Crippen LogP contribution is 2.50. The van der Waals surface area contributed by atoms with E-state index in [0.717, 1.165) is 38.5 Å². The number of nitrogens with zero attached hydrogens (tertiary/aromatic N) is 4. The highest BCUT2D eigenvalue weighted by molar-refractivity contribution is 8.00. The summed E-state index contributed by atoms with van der Waals surface area (Å²) in [6.07, 6.45) is 10.0. The number of fused-ring (bicyclic) bond motifs is 2. The second-order valence-corrected chi connectivity index (χ2v) is 14.4. The minimum absolute atomic E-state index is 0.140. The Labute approximate surface area is 245 Å². The first-order valence-corrected chi connectivity index (χ1v) is 16.5. The predicted octanol–water partition coefficient (Wildman–Crippen LogP) is 3.69. The van der Waals surface area contributed by atoms with Crippen molar-refractivity contribution in [1.82, 2.24) is 25.3 Å². The minimum atomic E-state index is -0.140. The standard InChI is InChI=1S/C32H48N6OS/c1-4-13-37-15-16-38(20-26(37)10-12-33)30-28-9-11-32(18-25-17-23(2)7-8-24(25)22-40-32)19-29(28)34-31(35-30)39-21-27-6-5-14-36(27)3/h4,7-8,17,26-31,34-35H,1,5-6,9-11,13-16,18-22H2,2-3H3/t26?,27?,28?,29?,30?,31?,32-/m1/s1. The molecule has 4 fully saturated rings. The van der Waals surface area contributed by atoms with Gasteiger partial charge < -0.3 is 9.64 Å². The van der Waals surface area contributed by atoms with Crippen LogP contribution >= 0.6 is 11.8 Å². The van der Waals surface area contributed by atoms with Crippen molar-refractivity contribution >= 4 is 11.8 Å². The molecule has 40 heavy (non-hydrogen) atoms. The molecule has 1 aromatic carbocycles. The number of rotatable bonds is 7. The first-order chi connectivity index (χ1) is 19.5. The summed E-state index contributed by atoms with van der Waals surface area (Å²) >= 11 is 2.20. The molecule has 218 valence electrons. The Morgan fingerprint density at radius 2 is 2.10 bits per heavy atom. The molecule has 1 aliphatic carbocycles. The minimum Gasteiger partial charge on any atom is -0.348 e. The quantitative estimate of drug-likeness (QED) is 0.487. The number of benzene rings is 1. The zero-order valence-electron chi connectivity index (χ0n) is 24.5. The number of likely N-dealkylation sites (N-methyl/N-ethyl adjacent to an activating group) is 1. The summed E-state index contributed by atoms with van der Waals surface area (Å²) in [5.41, 5.74) is 4.47. The summed E-state index contributed by atoms with van der Waals surface area (Å²) < 4.78 is 6.92. The van der Waals surface area contributed by atoms with Gasteiger partial charge in [0.15, 0.2) is 6.35 Å². The first-order valence-electron chi connectivity index (χ1n) is 15.5. The Morgan fingerprint density at radius 1 is 1.20 bits per heavy atom. The molecule has 0 bridgehead atoms. The van der Waals surface area contributed by atoms with Crippen molar-refractivity contribution in [2.75, 3.05) is 46.4 Å². The van der Waals surface area contributed by atoms with E-state index in [1.165, 1.54) is 56.2 Å². The molecule has 0 amide bonds. The predicted molar refractivity (Wildman–Crippen MR) is 163 cm³/mol. The molecule has 5 aliphatic rings. The maximum Gasteiger partial charge on any atom is 0.164 e. The molecule has 1 saturated carbocycles. The van der Waals surface area contributed by atoms with E-state index in [-0.39, 0.29) is 18.6 Å². The van der Waals surface area contributed by atoms with E-state index in [4.69, 9.17) is 4.74 Å². The van der Waals surface area contributed by atoms with E-state index in [1.807, 2.05) is 6.08 Å². The van der Waals surface area contributed by atoms with Crippen LogP contribution in [0.25, 0.3) is 0 Å². The molecule has 4 heterocycles. The van der Waals surface area contributed by atoms with Gasteiger partial charge in [0.1, 0.15) is 0 Å². The summed E-state index contributed by atoms with van der Waals surface area (Å²) in [5.74, 6) is 1.66. The zero-order valence-corrected chi connectivity index (χ0v) is 25.3. The van der Waals surface area contributed by atoms with E-state index >= 15 is 0 Å². The van der Waals surface area contributed by atoms with Gasteiger partial charge in [-0.05, 0) is 70.2 Å². The van der Waals surface area contributed by atoms with Crippen LogP contribution in [-0.2, 0) is 16.9 Å². The number of aryl methyl sites for hydroxylation is 1. The van der Waals surface area contributed by atoms with Gasteiger partial charge in [0.2, 0.25) is 0 Å². The summed E-state index contributed by atoms with van der Waals surface area (Å²) in [6, 6.07) is 10.7. The highest BCUT2D eigenvalue weighted by Gasteiger charge is 2.50. The van der Waals surface area contributed by atoms with E-state index in [1.54, 1.807) is 5.56 Å². The number of nitriles is 1. The fourth-order valence-electron chi connectivity index (χ4n) is 8.09. The molecule has 0 aromatic heterocycles. The number of likely N-dealkylation sites (tertiary alicyclic amines) is 1. The van der Waals surface area contributed by atoms with Gasteiger partial charge in [-0.25, -0.2) is 0 Å². The summed E-state index contributed by atoms with van der Waals surface area (Å²) in [4.78, 5) is 7.52. The third-order valence-corrected chi connectivity index (χ3v) is 12.0. The first kappa shape index (κ1) is 28.7. The van der Waals surface area contributed by atoms with Crippen LogP contribution in [0.15, 0.2) is 30.9 Å². The molecule has 2 N–H and O–H groups in total. The molecule has 6 unspecified atom stereocenters. The van der Waals surface area contributed by atoms with Crippen molar-refractivity contribution in [2.45, 2.75) is 93.0 Å². The van der Waals surface area contributed by atoms with Crippen molar-refractivity contribution in [1.29, 1.82) is 5.26 Å². The van der Waals surface area contributed by atoms with Crippen molar-refractivity contribution in [2.24, 2.45) is 5.92 Å². The molecule has 7 nitrogen and oxygen atoms in total. The lowest BCUT2D eigenvalue weighted by Gasteiger charge is -2.56. The van der Waals surface area contributed by atoms with Crippen LogP contribution in [0.5, 0.6) is 0 Å². The normalized spacial score (nSPS) is 37.1. The number of hydrogen-bond donors (Lipinski definition) is 2. The van der Waals surface area contributed by atoms with Crippen molar-refractivity contribution in [3.05, 3.63) is 47.5 Å². The van der Waals surface area contributed by atoms with Crippen LogP contribution in [0, 0.1) is 24.2 Å². The monoisotopic (exact) mass is 564 g/mol. The van der Waals surface area contributed by atoms with Gasteiger partial charge in [-0.2, -0.15) is 5.26 Å². The highest BCUT2D eigenvalue weighted by atomic mass is 32.2. The maximum atomic E-state index is 9.58. The molecule has 6 rings (SSSR count). The van der Waals surface area contributed by atoms with Crippen molar-refractivity contribution in [3.8, 4) is 6.07 Å². The summed E-state index contributed by atoms with van der Waals surface area (Å²) in [5, 5.41) is 17.5. The molecule has 0 radical (unpaired) electrons. The van der Waals surface area contributed by atoms with E-state index < -0.39 is 0 Å². The van der Waals surface area contributed by atoms with Gasteiger partial charge in [-0.15, -0.1) is 18.3 Å². The zero-order chi connectivity index (χ0) is 27.7.